The number of hydrogen-bond acceptors (Lipinski definition) is 4. The van der Waals surface area contributed by atoms with Gasteiger partial charge in [-0.1, -0.05) is 6.92 Å². The van der Waals surface area contributed by atoms with Crippen molar-refractivity contribution in [1.82, 2.24) is 15.1 Å². The molecule has 1 heterocycles. The molecule has 0 amide bonds. The molecule has 1 atom stereocenters. The van der Waals surface area contributed by atoms with Crippen LogP contribution in [0, 0.1) is 0 Å². The molecule has 1 rings (SSSR count). The number of alkyl halides is 3. The van der Waals surface area contributed by atoms with Gasteiger partial charge in [0.2, 0.25) is 0 Å². The van der Waals surface area contributed by atoms with Crippen molar-refractivity contribution in [2.24, 2.45) is 0 Å². The number of rotatable bonds is 7. The van der Waals surface area contributed by atoms with E-state index in [1.54, 1.807) is 0 Å². The maximum Gasteiger partial charge on any atom is 0.401 e. The predicted octanol–water partition coefficient (Wildman–Crippen LogP) is 0.527. The van der Waals surface area contributed by atoms with Crippen molar-refractivity contribution in [2.45, 2.75) is 25.6 Å². The highest BCUT2D eigenvalue weighted by molar-refractivity contribution is 4.76. The van der Waals surface area contributed by atoms with Crippen molar-refractivity contribution in [3.63, 3.8) is 0 Å². The number of β-amino-alcohol motifs (C(OH)–C–C–N with tert-alkyl or cyclic N) is 1. The van der Waals surface area contributed by atoms with Crippen LogP contribution in [0.15, 0.2) is 0 Å². The Kier molecular flexibility index (Phi) is 7.06. The Morgan fingerprint density at radius 1 is 1.16 bits per heavy atom. The first-order valence-electron chi connectivity index (χ1n) is 6.81. The highest BCUT2D eigenvalue weighted by atomic mass is 19.4. The fraction of sp³-hybridized carbons (Fsp3) is 1.00. The van der Waals surface area contributed by atoms with Gasteiger partial charge >= 0.3 is 6.18 Å². The quantitative estimate of drug-likeness (QED) is 0.669. The Hall–Kier alpha value is -0.370. The van der Waals surface area contributed by atoms with Crippen molar-refractivity contribution in [1.29, 1.82) is 0 Å². The lowest BCUT2D eigenvalue weighted by molar-refractivity contribution is -0.149. The van der Waals surface area contributed by atoms with Crippen molar-refractivity contribution in [3.8, 4) is 0 Å². The molecule has 19 heavy (non-hydrogen) atoms. The summed E-state index contributed by atoms with van der Waals surface area (Å²) in [6, 6.07) is 0. The molecule has 2 N–H and O–H groups in total. The lowest BCUT2D eigenvalue weighted by Gasteiger charge is -2.35. The topological polar surface area (TPSA) is 38.7 Å². The maximum atomic E-state index is 12.2. The molecule has 0 aromatic heterocycles. The molecule has 0 bridgehead atoms. The first kappa shape index (κ1) is 16.7. The fourth-order valence-corrected chi connectivity index (χ4v) is 2.19. The van der Waals surface area contributed by atoms with Crippen LogP contribution >= 0.6 is 0 Å². The Morgan fingerprint density at radius 2 is 1.74 bits per heavy atom. The smallest absolute Gasteiger partial charge is 0.390 e. The summed E-state index contributed by atoms with van der Waals surface area (Å²) in [5.74, 6) is 0. The zero-order valence-electron chi connectivity index (χ0n) is 11.4. The van der Waals surface area contributed by atoms with E-state index in [-0.39, 0.29) is 0 Å². The van der Waals surface area contributed by atoms with E-state index < -0.39 is 18.8 Å². The van der Waals surface area contributed by atoms with E-state index >= 15 is 0 Å². The number of hydrogen-bond donors (Lipinski definition) is 2. The van der Waals surface area contributed by atoms with Crippen LogP contribution in [0.4, 0.5) is 13.2 Å². The van der Waals surface area contributed by atoms with Gasteiger partial charge in [-0.3, -0.25) is 9.80 Å². The van der Waals surface area contributed by atoms with E-state index in [0.29, 0.717) is 39.3 Å². The van der Waals surface area contributed by atoms with E-state index in [1.165, 1.54) is 4.90 Å². The molecule has 1 unspecified atom stereocenters. The second kappa shape index (κ2) is 8.04. The molecule has 0 aliphatic carbocycles. The number of nitrogens with one attached hydrogen (secondary N) is 1. The molecule has 1 saturated heterocycles. The summed E-state index contributed by atoms with van der Waals surface area (Å²) in [6.07, 6.45) is -3.56. The second-order valence-electron chi connectivity index (χ2n) is 5.05. The van der Waals surface area contributed by atoms with Gasteiger partial charge < -0.3 is 10.4 Å². The van der Waals surface area contributed by atoms with Crippen LogP contribution in [0.2, 0.25) is 0 Å². The highest BCUT2D eigenvalue weighted by Gasteiger charge is 2.32. The minimum atomic E-state index is -4.12. The fourth-order valence-electron chi connectivity index (χ4n) is 2.19. The summed E-state index contributed by atoms with van der Waals surface area (Å²) in [5.41, 5.74) is 0. The van der Waals surface area contributed by atoms with Crippen molar-refractivity contribution in [3.05, 3.63) is 0 Å². The average molecular weight is 283 g/mol. The van der Waals surface area contributed by atoms with Crippen LogP contribution in [0.25, 0.3) is 0 Å². The lowest BCUT2D eigenvalue weighted by atomic mass is 10.2. The molecular formula is C12H24F3N3O. The van der Waals surface area contributed by atoms with Gasteiger partial charge in [0.1, 0.15) is 0 Å². The van der Waals surface area contributed by atoms with Gasteiger partial charge in [0.15, 0.2) is 0 Å². The third-order valence-electron chi connectivity index (χ3n) is 3.14. The molecule has 1 fully saturated rings. The molecule has 1 aliphatic heterocycles. The van der Waals surface area contributed by atoms with E-state index in [9.17, 15) is 18.3 Å². The third-order valence-corrected chi connectivity index (χ3v) is 3.14. The van der Waals surface area contributed by atoms with Gasteiger partial charge in [-0.15, -0.1) is 0 Å². The maximum absolute atomic E-state index is 12.2. The zero-order chi connectivity index (χ0) is 14.3. The minimum Gasteiger partial charge on any atom is -0.390 e. The molecule has 0 radical (unpaired) electrons. The molecule has 1 aliphatic rings. The number of piperazine rings is 1. The normalized spacial score (nSPS) is 20.7. The number of aliphatic hydroxyl groups is 1. The number of aliphatic hydroxyl groups excluding tert-OH is 1. The summed E-state index contributed by atoms with van der Waals surface area (Å²) in [4.78, 5) is 3.43. The van der Waals surface area contributed by atoms with Gasteiger partial charge in [0.25, 0.3) is 0 Å². The van der Waals surface area contributed by atoms with Crippen molar-refractivity contribution < 1.29 is 18.3 Å². The summed E-state index contributed by atoms with van der Waals surface area (Å²) < 4.78 is 36.7. The van der Waals surface area contributed by atoms with E-state index in [4.69, 9.17) is 0 Å². The van der Waals surface area contributed by atoms with Crippen LogP contribution in [0.3, 0.4) is 0 Å². The summed E-state index contributed by atoms with van der Waals surface area (Å²) in [7, 11) is 0. The largest absolute Gasteiger partial charge is 0.401 e. The van der Waals surface area contributed by atoms with Gasteiger partial charge in [0, 0.05) is 39.3 Å². The summed E-state index contributed by atoms with van der Waals surface area (Å²) in [5, 5.41) is 12.9. The monoisotopic (exact) mass is 283 g/mol. The molecule has 0 spiro atoms. The summed E-state index contributed by atoms with van der Waals surface area (Å²) in [6.45, 7) is 5.15. The van der Waals surface area contributed by atoms with Crippen LogP contribution in [-0.2, 0) is 0 Å². The van der Waals surface area contributed by atoms with Crippen LogP contribution in [-0.4, -0.2) is 79.5 Å². The Balaban J connectivity index is 2.15. The van der Waals surface area contributed by atoms with Gasteiger partial charge in [0.05, 0.1) is 12.6 Å². The molecule has 0 aromatic rings. The average Bonchev–Trinajstić information content (AvgIpc) is 2.30. The Bertz CT molecular complexity index is 243. The molecule has 114 valence electrons. The number of halogens is 3. The zero-order valence-corrected chi connectivity index (χ0v) is 11.4. The van der Waals surface area contributed by atoms with E-state index in [2.05, 4.69) is 12.2 Å². The SMILES string of the molecule is CCCNCC(O)CN1CCN(CC(F)(F)F)CC1. The molecule has 7 heteroatoms. The molecule has 0 aromatic carbocycles. The first-order valence-corrected chi connectivity index (χ1v) is 6.81. The van der Waals surface area contributed by atoms with Crippen LogP contribution < -0.4 is 5.32 Å². The molecule has 0 saturated carbocycles. The lowest BCUT2D eigenvalue weighted by Crippen LogP contribution is -2.51. The standard InChI is InChI=1S/C12H24F3N3O/c1-2-3-16-8-11(19)9-17-4-6-18(7-5-17)10-12(13,14)15/h11,16,19H,2-10H2,1H3. The van der Waals surface area contributed by atoms with Crippen LogP contribution in [0.1, 0.15) is 13.3 Å². The second-order valence-corrected chi connectivity index (χ2v) is 5.05. The van der Waals surface area contributed by atoms with Crippen molar-refractivity contribution >= 4 is 0 Å². The summed E-state index contributed by atoms with van der Waals surface area (Å²) >= 11 is 0. The number of nitrogens with zero attached hydrogens (tertiary/aromatic N) is 2. The predicted molar refractivity (Wildman–Crippen MR) is 68.1 cm³/mol. The van der Waals surface area contributed by atoms with E-state index in [0.717, 1.165) is 13.0 Å². The van der Waals surface area contributed by atoms with Gasteiger partial charge in [-0.2, -0.15) is 13.2 Å². The minimum absolute atomic E-state index is 0.411. The van der Waals surface area contributed by atoms with Gasteiger partial charge in [-0.05, 0) is 13.0 Å². The van der Waals surface area contributed by atoms with E-state index in [1.807, 2.05) is 4.90 Å². The third kappa shape index (κ3) is 7.71. The first-order chi connectivity index (χ1) is 8.90. The molecular weight excluding hydrogens is 259 g/mol. The Labute approximate surface area is 112 Å². The van der Waals surface area contributed by atoms with Crippen LogP contribution in [0.5, 0.6) is 0 Å². The highest BCUT2D eigenvalue weighted by Crippen LogP contribution is 2.17. The Morgan fingerprint density at radius 3 is 2.26 bits per heavy atom. The molecule has 4 nitrogen and oxygen atoms in total. The van der Waals surface area contributed by atoms with Gasteiger partial charge in [-0.25, -0.2) is 0 Å². The van der Waals surface area contributed by atoms with Crippen molar-refractivity contribution in [2.75, 3.05) is 52.4 Å².